The van der Waals surface area contributed by atoms with E-state index in [0.29, 0.717) is 34.9 Å². The number of hydrogen-bond donors (Lipinski definition) is 3. The fourth-order valence-electron chi connectivity index (χ4n) is 3.85. The van der Waals surface area contributed by atoms with Crippen LogP contribution in [0.4, 0.5) is 4.39 Å². The van der Waals surface area contributed by atoms with E-state index in [4.69, 9.17) is 17.3 Å². The zero-order chi connectivity index (χ0) is 22.7. The molecule has 0 spiro atoms. The maximum absolute atomic E-state index is 14.7. The summed E-state index contributed by atoms with van der Waals surface area (Å²) in [5.41, 5.74) is 8.28. The van der Waals surface area contributed by atoms with Gasteiger partial charge in [-0.25, -0.2) is 14.4 Å². The van der Waals surface area contributed by atoms with E-state index in [1.165, 1.54) is 12.1 Å². The lowest BCUT2D eigenvalue weighted by molar-refractivity contribution is 0.0946. The van der Waals surface area contributed by atoms with Crippen LogP contribution >= 0.6 is 11.6 Å². The van der Waals surface area contributed by atoms with E-state index in [0.717, 1.165) is 12.1 Å². The monoisotopic (exact) mass is 455 g/mol. The van der Waals surface area contributed by atoms with Gasteiger partial charge in [-0.3, -0.25) is 9.78 Å². The number of amides is 1. The Kier molecular flexibility index (Phi) is 6.74. The van der Waals surface area contributed by atoms with Gasteiger partial charge in [0.15, 0.2) is 0 Å². The molecule has 4 rings (SSSR count). The highest BCUT2D eigenvalue weighted by Crippen LogP contribution is 2.32. The summed E-state index contributed by atoms with van der Waals surface area (Å²) in [4.78, 5) is 25.4. The molecule has 32 heavy (non-hydrogen) atoms. The van der Waals surface area contributed by atoms with E-state index < -0.39 is 17.8 Å². The Morgan fingerprint density at radius 1 is 1.22 bits per heavy atom. The number of benzene rings is 1. The lowest BCUT2D eigenvalue weighted by Gasteiger charge is -2.30. The predicted octanol–water partition coefficient (Wildman–Crippen LogP) is 3.22. The topological polar surface area (TPSA) is 114 Å². The zero-order valence-corrected chi connectivity index (χ0v) is 18.0. The molecular formula is C23H23ClFN5O2. The first-order chi connectivity index (χ1) is 15.4. The molecule has 3 atom stereocenters. The number of carbonyl (C=O) groups is 1. The molecule has 1 aliphatic rings. The second kappa shape index (κ2) is 9.68. The van der Waals surface area contributed by atoms with Crippen LogP contribution in [0.15, 0.2) is 48.8 Å². The molecule has 9 heteroatoms. The number of aliphatic hydroxyl groups is 1. The third-order valence-electron chi connectivity index (χ3n) is 5.65. The van der Waals surface area contributed by atoms with E-state index in [1.54, 1.807) is 36.7 Å². The van der Waals surface area contributed by atoms with Crippen LogP contribution in [0.25, 0.3) is 11.3 Å². The third-order valence-corrected chi connectivity index (χ3v) is 5.86. The number of nitrogens with zero attached hydrogens (tertiary/aromatic N) is 3. The van der Waals surface area contributed by atoms with E-state index in [-0.39, 0.29) is 24.1 Å². The van der Waals surface area contributed by atoms with Crippen LogP contribution in [-0.2, 0) is 6.54 Å². The number of aliphatic hydroxyl groups excluding tert-OH is 1. The van der Waals surface area contributed by atoms with Gasteiger partial charge in [0, 0.05) is 23.7 Å². The Morgan fingerprint density at radius 2 is 2.06 bits per heavy atom. The maximum Gasteiger partial charge on any atom is 0.254 e. The number of pyridine rings is 1. The molecule has 2 aromatic heterocycles. The van der Waals surface area contributed by atoms with Gasteiger partial charge in [0.1, 0.15) is 11.0 Å². The summed E-state index contributed by atoms with van der Waals surface area (Å²) in [6.07, 6.45) is 4.74. The van der Waals surface area contributed by atoms with Crippen molar-refractivity contribution in [1.29, 1.82) is 0 Å². The molecule has 0 saturated heterocycles. The molecule has 2 heterocycles. The van der Waals surface area contributed by atoms with E-state index in [1.807, 2.05) is 0 Å². The van der Waals surface area contributed by atoms with Crippen LogP contribution in [-0.4, -0.2) is 38.1 Å². The van der Waals surface area contributed by atoms with Crippen LogP contribution in [0, 0.1) is 5.82 Å². The minimum atomic E-state index is -0.658. The summed E-state index contributed by atoms with van der Waals surface area (Å²) in [6.45, 7) is 0.131. The molecule has 1 aromatic carbocycles. The van der Waals surface area contributed by atoms with Gasteiger partial charge in [-0.15, -0.1) is 0 Å². The first-order valence-corrected chi connectivity index (χ1v) is 10.7. The number of hydrogen-bond acceptors (Lipinski definition) is 6. The van der Waals surface area contributed by atoms with E-state index in [2.05, 4.69) is 20.3 Å². The van der Waals surface area contributed by atoms with Crippen LogP contribution < -0.4 is 11.1 Å². The van der Waals surface area contributed by atoms with Crippen LogP contribution in [0.5, 0.6) is 0 Å². The molecule has 166 valence electrons. The van der Waals surface area contributed by atoms with Crippen molar-refractivity contribution in [3.63, 3.8) is 0 Å². The Hall–Kier alpha value is -2.94. The molecular weight excluding hydrogens is 433 g/mol. The minimum absolute atomic E-state index is 0.0767. The third kappa shape index (κ3) is 5.09. The predicted molar refractivity (Wildman–Crippen MR) is 118 cm³/mol. The molecule has 7 nitrogen and oxygen atoms in total. The summed E-state index contributed by atoms with van der Waals surface area (Å²) >= 11 is 5.84. The summed E-state index contributed by atoms with van der Waals surface area (Å²) in [5, 5.41) is 12.8. The zero-order valence-electron chi connectivity index (χ0n) is 17.2. The van der Waals surface area contributed by atoms with Gasteiger partial charge in [0.25, 0.3) is 5.91 Å². The van der Waals surface area contributed by atoms with Crippen molar-refractivity contribution in [2.45, 2.75) is 43.9 Å². The first kappa shape index (κ1) is 22.3. The van der Waals surface area contributed by atoms with E-state index in [9.17, 15) is 14.3 Å². The SMILES string of the molecule is N[C@H]1C[C@@H](c2cncc(-c3ccc(C(=O)NCc4cccc(Cl)n4)c(F)c3)n2)CC[C@@H]1O. The molecule has 1 saturated carbocycles. The van der Waals surface area contributed by atoms with Crippen LogP contribution in [0.2, 0.25) is 5.15 Å². The van der Waals surface area contributed by atoms with Gasteiger partial charge in [-0.1, -0.05) is 23.7 Å². The number of carbonyl (C=O) groups excluding carboxylic acids is 1. The lowest BCUT2D eigenvalue weighted by atomic mass is 9.82. The Labute approximate surface area is 189 Å². The number of halogens is 2. The van der Waals surface area contributed by atoms with Gasteiger partial charge in [-0.05, 0) is 43.5 Å². The number of rotatable bonds is 5. The fourth-order valence-corrected chi connectivity index (χ4v) is 4.03. The standard InChI is InChI=1S/C23H23ClFN5O2/c24-22-3-1-2-15(29-22)10-28-23(32)16-6-4-13(8-17(16)25)19-11-27-12-20(30-19)14-5-7-21(31)18(26)9-14/h1-4,6,8,11-12,14,18,21,31H,5,7,9-10,26H2,(H,28,32)/t14-,18-,21-/m0/s1. The Balaban J connectivity index is 1.48. The normalized spacial score (nSPS) is 20.7. The molecule has 1 aliphatic carbocycles. The molecule has 0 bridgehead atoms. The average molecular weight is 456 g/mol. The molecule has 0 radical (unpaired) electrons. The average Bonchev–Trinajstić information content (AvgIpc) is 2.79. The number of nitrogens with one attached hydrogen (secondary N) is 1. The first-order valence-electron chi connectivity index (χ1n) is 10.4. The molecule has 3 aromatic rings. The highest BCUT2D eigenvalue weighted by atomic mass is 35.5. The Morgan fingerprint density at radius 3 is 2.81 bits per heavy atom. The summed E-state index contributed by atoms with van der Waals surface area (Å²) in [6, 6.07) is 9.12. The van der Waals surface area contributed by atoms with Crippen LogP contribution in [0.3, 0.4) is 0 Å². The minimum Gasteiger partial charge on any atom is -0.392 e. The maximum atomic E-state index is 14.7. The van der Waals surface area contributed by atoms with Crippen LogP contribution in [0.1, 0.15) is 46.9 Å². The molecule has 4 N–H and O–H groups in total. The smallest absolute Gasteiger partial charge is 0.254 e. The number of nitrogens with two attached hydrogens (primary N) is 1. The van der Waals surface area contributed by atoms with Crippen molar-refractivity contribution < 1.29 is 14.3 Å². The summed E-state index contributed by atoms with van der Waals surface area (Å²) in [7, 11) is 0. The van der Waals surface area contributed by atoms with Gasteiger partial charge >= 0.3 is 0 Å². The van der Waals surface area contributed by atoms with E-state index >= 15 is 0 Å². The quantitative estimate of drug-likeness (QED) is 0.509. The van der Waals surface area contributed by atoms with Crippen molar-refractivity contribution in [2.24, 2.45) is 5.73 Å². The summed E-state index contributed by atoms with van der Waals surface area (Å²) in [5.74, 6) is -1.12. The highest BCUT2D eigenvalue weighted by Gasteiger charge is 2.28. The summed E-state index contributed by atoms with van der Waals surface area (Å²) < 4.78 is 14.7. The highest BCUT2D eigenvalue weighted by molar-refractivity contribution is 6.29. The molecule has 1 amide bonds. The van der Waals surface area contributed by atoms with Crippen molar-refractivity contribution in [1.82, 2.24) is 20.3 Å². The van der Waals surface area contributed by atoms with Gasteiger partial charge in [0.05, 0.1) is 41.5 Å². The second-order valence-electron chi connectivity index (χ2n) is 7.90. The fraction of sp³-hybridized carbons (Fsp3) is 0.304. The van der Waals surface area contributed by atoms with Crippen molar-refractivity contribution in [2.75, 3.05) is 0 Å². The van der Waals surface area contributed by atoms with Crippen molar-refractivity contribution in [3.05, 3.63) is 76.7 Å². The largest absolute Gasteiger partial charge is 0.392 e. The van der Waals surface area contributed by atoms with Crippen molar-refractivity contribution >= 4 is 17.5 Å². The second-order valence-corrected chi connectivity index (χ2v) is 8.29. The number of aromatic nitrogens is 3. The Bertz CT molecular complexity index is 1130. The molecule has 0 aliphatic heterocycles. The molecule has 1 fully saturated rings. The van der Waals surface area contributed by atoms with Gasteiger partial charge in [-0.2, -0.15) is 0 Å². The van der Waals surface area contributed by atoms with Crippen molar-refractivity contribution in [3.8, 4) is 11.3 Å². The lowest BCUT2D eigenvalue weighted by Crippen LogP contribution is -2.39. The molecule has 0 unspecified atom stereocenters. The van der Waals surface area contributed by atoms with Gasteiger partial charge in [0.2, 0.25) is 0 Å². The van der Waals surface area contributed by atoms with Gasteiger partial charge < -0.3 is 16.2 Å².